The van der Waals surface area contributed by atoms with Crippen LogP contribution in [0, 0.1) is 11.3 Å². The van der Waals surface area contributed by atoms with E-state index < -0.39 is 0 Å². The maximum atomic E-state index is 8.95. The quantitative estimate of drug-likeness (QED) is 0.471. The summed E-state index contributed by atoms with van der Waals surface area (Å²) in [6.45, 7) is 1.03. The van der Waals surface area contributed by atoms with E-state index in [0.29, 0.717) is 18.7 Å². The topological polar surface area (TPSA) is 57.4 Å². The highest BCUT2D eigenvalue weighted by molar-refractivity contribution is 6.30. The number of hydrogen-bond donors (Lipinski definition) is 1. The van der Waals surface area contributed by atoms with Crippen LogP contribution < -0.4 is 10.2 Å². The summed E-state index contributed by atoms with van der Waals surface area (Å²) in [4.78, 5) is 0. The smallest absolute Gasteiger partial charge is 0.120 e. The van der Waals surface area contributed by atoms with Crippen LogP contribution in [0.25, 0.3) is 0 Å². The molecule has 0 saturated carbocycles. The zero-order valence-electron chi connectivity index (χ0n) is 14.6. The average molecular weight is 376 g/mol. The summed E-state index contributed by atoms with van der Waals surface area (Å²) in [7, 11) is 0. The zero-order valence-corrected chi connectivity index (χ0v) is 15.4. The second kappa shape index (κ2) is 9.42. The lowest BCUT2D eigenvalue weighted by molar-refractivity contribution is 0.306. The van der Waals surface area contributed by atoms with Gasteiger partial charge >= 0.3 is 0 Å². The summed E-state index contributed by atoms with van der Waals surface area (Å²) in [5.41, 5.74) is 6.64. The minimum absolute atomic E-state index is 0.408. The molecule has 0 heterocycles. The van der Waals surface area contributed by atoms with Crippen molar-refractivity contribution in [2.24, 2.45) is 5.10 Å². The fourth-order valence-electron chi connectivity index (χ4n) is 2.44. The Morgan fingerprint density at radius 3 is 2.63 bits per heavy atom. The Bertz CT molecular complexity index is 962. The highest BCUT2D eigenvalue weighted by Crippen LogP contribution is 2.15. The first-order valence-electron chi connectivity index (χ1n) is 8.45. The SMILES string of the molecule is N#Cc1cccc(COc2cccc(/C=N\NCc3ccc(Cl)cc3)c2)c1. The standard InChI is InChI=1S/C22H18ClN3O/c23-21-9-7-17(8-10-21)14-25-26-15-19-4-2-6-22(12-19)27-16-20-5-1-3-18(11-20)13-24/h1-12,15,25H,14,16H2/b26-15-. The summed E-state index contributed by atoms with van der Waals surface area (Å²) >= 11 is 5.87. The van der Waals surface area contributed by atoms with Crippen LogP contribution in [0.5, 0.6) is 5.75 Å². The largest absolute Gasteiger partial charge is 0.489 e. The van der Waals surface area contributed by atoms with Crippen molar-refractivity contribution in [3.05, 3.63) is 100 Å². The molecule has 3 rings (SSSR count). The molecule has 134 valence electrons. The van der Waals surface area contributed by atoms with Crippen LogP contribution in [-0.2, 0) is 13.2 Å². The first-order chi connectivity index (χ1) is 13.2. The predicted molar refractivity (Wildman–Crippen MR) is 108 cm³/mol. The van der Waals surface area contributed by atoms with E-state index in [1.54, 1.807) is 12.3 Å². The normalized spacial score (nSPS) is 10.5. The summed E-state index contributed by atoms with van der Waals surface area (Å²) in [5, 5.41) is 13.9. The van der Waals surface area contributed by atoms with Gasteiger partial charge in [-0.2, -0.15) is 10.4 Å². The third-order valence-corrected chi connectivity index (χ3v) is 4.07. The molecule has 3 aromatic rings. The van der Waals surface area contributed by atoms with Crippen molar-refractivity contribution < 1.29 is 4.74 Å². The van der Waals surface area contributed by atoms with Crippen LogP contribution in [-0.4, -0.2) is 6.21 Å². The van der Waals surface area contributed by atoms with Gasteiger partial charge in [0.1, 0.15) is 12.4 Å². The molecule has 0 aliphatic carbocycles. The Balaban J connectivity index is 1.53. The summed E-state index contributed by atoms with van der Waals surface area (Å²) in [6.07, 6.45) is 1.75. The molecule has 1 N–H and O–H groups in total. The fourth-order valence-corrected chi connectivity index (χ4v) is 2.57. The van der Waals surface area contributed by atoms with Crippen LogP contribution in [0.3, 0.4) is 0 Å². The van der Waals surface area contributed by atoms with Gasteiger partial charge in [0.15, 0.2) is 0 Å². The minimum atomic E-state index is 0.408. The molecule has 5 heteroatoms. The van der Waals surface area contributed by atoms with E-state index in [9.17, 15) is 0 Å². The zero-order chi connectivity index (χ0) is 18.9. The number of nitrogens with zero attached hydrogens (tertiary/aromatic N) is 2. The number of rotatable bonds is 7. The van der Waals surface area contributed by atoms with Crippen molar-refractivity contribution in [2.45, 2.75) is 13.2 Å². The van der Waals surface area contributed by atoms with Gasteiger partial charge in [-0.3, -0.25) is 0 Å². The molecular weight excluding hydrogens is 358 g/mol. The van der Waals surface area contributed by atoms with Crippen LogP contribution in [0.2, 0.25) is 5.02 Å². The van der Waals surface area contributed by atoms with Gasteiger partial charge in [0.05, 0.1) is 24.4 Å². The number of hydrogen-bond acceptors (Lipinski definition) is 4. The van der Waals surface area contributed by atoms with Crippen LogP contribution >= 0.6 is 11.6 Å². The first-order valence-corrected chi connectivity index (χ1v) is 8.83. The van der Waals surface area contributed by atoms with Crippen molar-refractivity contribution in [3.63, 3.8) is 0 Å². The maximum Gasteiger partial charge on any atom is 0.120 e. The number of ether oxygens (including phenoxy) is 1. The van der Waals surface area contributed by atoms with E-state index in [-0.39, 0.29) is 0 Å². The van der Waals surface area contributed by atoms with Gasteiger partial charge in [0.25, 0.3) is 0 Å². The molecule has 0 bridgehead atoms. The van der Waals surface area contributed by atoms with Crippen LogP contribution in [0.4, 0.5) is 0 Å². The lowest BCUT2D eigenvalue weighted by Gasteiger charge is -2.07. The molecule has 0 aliphatic heterocycles. The van der Waals surface area contributed by atoms with Gasteiger partial charge in [-0.1, -0.05) is 48.0 Å². The van der Waals surface area contributed by atoms with E-state index in [1.165, 1.54) is 0 Å². The van der Waals surface area contributed by atoms with Crippen molar-refractivity contribution in [2.75, 3.05) is 0 Å². The summed E-state index contributed by atoms with van der Waals surface area (Å²) < 4.78 is 5.82. The maximum absolute atomic E-state index is 8.95. The van der Waals surface area contributed by atoms with Crippen molar-refractivity contribution >= 4 is 17.8 Å². The average Bonchev–Trinajstić information content (AvgIpc) is 2.71. The second-order valence-electron chi connectivity index (χ2n) is 5.89. The van der Waals surface area contributed by atoms with Gasteiger partial charge in [-0.05, 0) is 53.1 Å². The number of hydrazone groups is 1. The minimum Gasteiger partial charge on any atom is -0.489 e. The molecule has 0 unspecified atom stereocenters. The van der Waals surface area contributed by atoms with E-state index in [1.807, 2.05) is 66.7 Å². The monoisotopic (exact) mass is 375 g/mol. The lowest BCUT2D eigenvalue weighted by atomic mass is 10.1. The predicted octanol–water partition coefficient (Wildman–Crippen LogP) is 4.91. The third kappa shape index (κ3) is 5.88. The van der Waals surface area contributed by atoms with E-state index in [4.69, 9.17) is 21.6 Å². The molecule has 0 saturated heterocycles. The Morgan fingerprint density at radius 2 is 1.81 bits per heavy atom. The molecule has 0 aromatic heterocycles. The molecule has 3 aromatic carbocycles. The van der Waals surface area contributed by atoms with Crippen LogP contribution in [0.15, 0.2) is 77.9 Å². The van der Waals surface area contributed by atoms with Crippen molar-refractivity contribution in [1.29, 1.82) is 5.26 Å². The molecule has 27 heavy (non-hydrogen) atoms. The van der Waals surface area contributed by atoms with E-state index in [2.05, 4.69) is 16.6 Å². The molecule has 0 fully saturated rings. The Kier molecular flexibility index (Phi) is 6.45. The molecule has 0 amide bonds. The van der Waals surface area contributed by atoms with Gasteiger partial charge in [0.2, 0.25) is 0 Å². The third-order valence-electron chi connectivity index (χ3n) is 3.82. The van der Waals surface area contributed by atoms with Gasteiger partial charge in [-0.25, -0.2) is 0 Å². The van der Waals surface area contributed by atoms with Gasteiger partial charge in [0, 0.05) is 5.02 Å². The molecule has 0 aliphatic rings. The number of halogens is 1. The van der Waals surface area contributed by atoms with Gasteiger partial charge in [-0.15, -0.1) is 0 Å². The van der Waals surface area contributed by atoms with Gasteiger partial charge < -0.3 is 10.2 Å². The first kappa shape index (κ1) is 18.5. The number of nitriles is 1. The van der Waals surface area contributed by atoms with E-state index >= 15 is 0 Å². The fraction of sp³-hybridized carbons (Fsp3) is 0.0909. The number of nitrogens with one attached hydrogen (secondary N) is 1. The number of benzene rings is 3. The molecular formula is C22H18ClN3O. The summed E-state index contributed by atoms with van der Waals surface area (Å²) in [5.74, 6) is 0.749. The molecule has 4 nitrogen and oxygen atoms in total. The Labute approximate surface area is 163 Å². The molecule has 0 atom stereocenters. The Hall–Kier alpha value is -3.29. The molecule has 0 radical (unpaired) electrons. The summed E-state index contributed by atoms with van der Waals surface area (Å²) in [6, 6.07) is 24.8. The van der Waals surface area contributed by atoms with Crippen molar-refractivity contribution in [1.82, 2.24) is 5.43 Å². The van der Waals surface area contributed by atoms with E-state index in [0.717, 1.165) is 27.5 Å². The lowest BCUT2D eigenvalue weighted by Crippen LogP contribution is -2.05. The highest BCUT2D eigenvalue weighted by atomic mass is 35.5. The Morgan fingerprint density at radius 1 is 1.00 bits per heavy atom. The highest BCUT2D eigenvalue weighted by Gasteiger charge is 1.99. The molecule has 0 spiro atoms. The van der Waals surface area contributed by atoms with Crippen molar-refractivity contribution in [3.8, 4) is 11.8 Å². The van der Waals surface area contributed by atoms with Crippen LogP contribution in [0.1, 0.15) is 22.3 Å². The second-order valence-corrected chi connectivity index (χ2v) is 6.33.